The van der Waals surface area contributed by atoms with Crippen LogP contribution in [0.25, 0.3) is 22.3 Å². The number of anilines is 18. The van der Waals surface area contributed by atoms with Crippen molar-refractivity contribution in [1.29, 1.82) is 0 Å². The highest BCUT2D eigenvalue weighted by atomic mass is 16.7. The topological polar surface area (TPSA) is 450 Å². The predicted octanol–water partition coefficient (Wildman–Crippen LogP) is 21.9. The molecule has 21 nitrogen and oxygen atoms in total. The zero-order valence-electron chi connectivity index (χ0n) is 75.7. The van der Waals surface area contributed by atoms with Crippen molar-refractivity contribution in [3.8, 4) is 45.3 Å². The molecule has 0 radical (unpaired) electrons. The lowest BCUT2D eigenvalue weighted by Crippen LogP contribution is -2.32. The van der Waals surface area contributed by atoms with Crippen LogP contribution < -0.4 is 116 Å². The van der Waals surface area contributed by atoms with Crippen molar-refractivity contribution in [2.24, 2.45) is 0 Å². The monoisotopic (exact) mass is 1770 g/mol. The van der Waals surface area contributed by atoms with Crippen LogP contribution in [0.15, 0.2) is 400 Å². The van der Waals surface area contributed by atoms with Crippen molar-refractivity contribution in [3.63, 3.8) is 0 Å². The van der Waals surface area contributed by atoms with Gasteiger partial charge in [-0.15, -0.1) is 0 Å². The minimum atomic E-state index is 0.147. The highest BCUT2D eigenvalue weighted by molar-refractivity contribution is 5.74. The Labute approximate surface area is 781 Å². The summed E-state index contributed by atoms with van der Waals surface area (Å²) in [4.78, 5) is 4.32. The summed E-state index contributed by atoms with van der Waals surface area (Å²) < 4.78 is 16.3. The number of nitrogens with zero attached hydrogens (tertiary/aromatic N) is 2. The van der Waals surface area contributed by atoms with Crippen LogP contribution in [-0.2, 0) is 25.7 Å². The zero-order chi connectivity index (χ0) is 95.0. The van der Waals surface area contributed by atoms with Gasteiger partial charge in [0.15, 0.2) is 0 Å². The molecule has 0 bridgehead atoms. The molecular formula is C112H122N18O3. The molecule has 0 fully saturated rings. The van der Waals surface area contributed by atoms with E-state index in [1.54, 1.807) is 97.1 Å². The number of benzene rings is 17. The van der Waals surface area contributed by atoms with Gasteiger partial charge in [-0.05, 0) is 384 Å². The SMILES string of the molecule is CN(CN(C)c1ccc(N)cc1)c1ccc(N)cc1.Cc1cc(N)ccc1-c1ccc(N)cc1C.Nc1ccc(-c2ccc(N)cc2)cc1.Nc1ccc(Cc2ccc(Cc3ccc(Cc4ccc(N)cc4)cc3)cc2)cc1.Nc1ccc(Cc2ccc(N)cc2)cc1.Nc1ccc(N)cc1.Nc1ccc(OCOc2ccc(N)cc2)cc1.Nc1ccc(Oc2ccc(N)cc2)cc1. The number of rotatable bonds is 20. The van der Waals surface area contributed by atoms with Crippen molar-refractivity contribution >= 4 is 102 Å². The normalized spacial score (nSPS) is 10.2. The first-order valence-corrected chi connectivity index (χ1v) is 43.1. The summed E-state index contributed by atoms with van der Waals surface area (Å²) in [5.74, 6) is 2.95. The summed E-state index contributed by atoms with van der Waals surface area (Å²) in [5.41, 5.74) is 122. The molecule has 0 spiro atoms. The molecule has 0 aliphatic heterocycles. The van der Waals surface area contributed by atoms with Gasteiger partial charge in [0.05, 0.1) is 6.67 Å². The largest absolute Gasteiger partial charge is 0.458 e. The fraction of sp³-hybridized carbons (Fsp3) is 0.0893. The molecule has 0 aliphatic rings. The second-order valence-corrected chi connectivity index (χ2v) is 31.9. The van der Waals surface area contributed by atoms with Gasteiger partial charge in [0.1, 0.15) is 23.0 Å². The van der Waals surface area contributed by atoms with E-state index in [-0.39, 0.29) is 6.79 Å². The fourth-order valence-corrected chi connectivity index (χ4v) is 13.3. The number of nitrogen functional groups attached to an aromatic ring is 16. The van der Waals surface area contributed by atoms with Gasteiger partial charge in [0, 0.05) is 116 Å². The van der Waals surface area contributed by atoms with Crippen molar-refractivity contribution in [2.45, 2.75) is 39.5 Å². The van der Waals surface area contributed by atoms with Gasteiger partial charge >= 0.3 is 0 Å². The molecule has 0 unspecified atom stereocenters. The lowest BCUT2D eigenvalue weighted by molar-refractivity contribution is 0.120. The van der Waals surface area contributed by atoms with E-state index in [4.69, 9.17) is 106 Å². The Morgan fingerprint density at radius 1 is 0.188 bits per heavy atom. The van der Waals surface area contributed by atoms with Gasteiger partial charge in [-0.1, -0.05) is 133 Å². The number of aryl methyl sites for hydroxylation is 2. The molecular weight excluding hydrogens is 1650 g/mol. The molecule has 678 valence electrons. The Morgan fingerprint density at radius 2 is 0.353 bits per heavy atom. The van der Waals surface area contributed by atoms with Crippen LogP contribution in [0.5, 0.6) is 23.0 Å². The van der Waals surface area contributed by atoms with E-state index in [0.29, 0.717) is 11.4 Å². The first kappa shape index (κ1) is 97.7. The van der Waals surface area contributed by atoms with Crippen molar-refractivity contribution < 1.29 is 14.2 Å². The molecule has 0 saturated heterocycles. The molecule has 32 N–H and O–H groups in total. The Kier molecular flexibility index (Phi) is 36.9. The van der Waals surface area contributed by atoms with E-state index in [0.717, 1.165) is 157 Å². The van der Waals surface area contributed by atoms with Crippen LogP contribution in [0.1, 0.15) is 55.6 Å². The summed E-state index contributed by atoms with van der Waals surface area (Å²) in [6.45, 7) is 5.07. The minimum Gasteiger partial charge on any atom is -0.458 e. The molecule has 0 amide bonds. The van der Waals surface area contributed by atoms with Crippen molar-refractivity contribution in [3.05, 3.63) is 456 Å². The number of ether oxygens (including phenoxy) is 3. The van der Waals surface area contributed by atoms with Gasteiger partial charge < -0.3 is 116 Å². The molecule has 17 aromatic carbocycles. The van der Waals surface area contributed by atoms with Crippen LogP contribution in [0.4, 0.5) is 102 Å². The van der Waals surface area contributed by atoms with E-state index in [1.165, 1.54) is 66.8 Å². The predicted molar refractivity (Wildman–Crippen MR) is 567 cm³/mol. The van der Waals surface area contributed by atoms with Crippen LogP contribution in [0, 0.1) is 13.8 Å². The molecule has 21 heteroatoms. The summed E-state index contributed by atoms with van der Waals surface area (Å²) in [6, 6.07) is 129. The van der Waals surface area contributed by atoms with E-state index < -0.39 is 0 Å². The standard InChI is InChI=1S/C27H26N2.C15H20N4.C14H16N2.C13H14N2O2.C13H14N2.C12H12N2O.C12H12N2.C6H8N2/c28-26-13-9-24(10-14-26)18-22-5-1-20(2-6-22)17-21-3-7-23(8-4-21)19-25-11-15-27(29)16-12-25;1-18(14-7-3-12(16)4-8-14)11-19(2)15-9-5-13(17)6-10-15;1-9-7-11(15)3-5-13(9)14-6-4-12(16)8-10(14)2;14-10-1-5-12(6-2-10)16-9-17-13-7-3-11(15)4-8-13;14-12-5-1-10(2-6-12)9-11-3-7-13(15)8-4-11;13-9-1-5-11(6-2-9)15-12-7-3-10(14)4-8-12;13-11-5-1-9(2-6-11)10-3-7-12(14)8-4-10;7-5-1-2-6(8)4-3-5/h1-16H,17-19,28-29H2;3-10H,11,16-17H2,1-2H3;3-8H,15-16H2,1-2H3;1-8H,9,14-15H2;1-8H,9,14-15H2;1-8H,13-14H2;1-8H,13-14H2;1-4H,7-8H2. The summed E-state index contributed by atoms with van der Waals surface area (Å²) in [7, 11) is 4.11. The van der Waals surface area contributed by atoms with Gasteiger partial charge in [-0.25, -0.2) is 0 Å². The highest BCUT2D eigenvalue weighted by Gasteiger charge is 2.10. The van der Waals surface area contributed by atoms with Gasteiger partial charge in [0.25, 0.3) is 0 Å². The quantitative estimate of drug-likeness (QED) is 0.0249. The molecule has 0 aliphatic carbocycles. The van der Waals surface area contributed by atoms with E-state index in [2.05, 4.69) is 123 Å². The smallest absolute Gasteiger partial charge is 0.230 e. The van der Waals surface area contributed by atoms with Crippen molar-refractivity contribution in [1.82, 2.24) is 0 Å². The summed E-state index contributed by atoms with van der Waals surface area (Å²) >= 11 is 0. The average molecular weight is 1770 g/mol. The maximum absolute atomic E-state index is 5.76. The second-order valence-electron chi connectivity index (χ2n) is 31.9. The molecule has 133 heavy (non-hydrogen) atoms. The number of hydrogen-bond donors (Lipinski definition) is 16. The fourth-order valence-electron chi connectivity index (χ4n) is 13.3. The zero-order valence-corrected chi connectivity index (χ0v) is 75.7. The van der Waals surface area contributed by atoms with Crippen molar-refractivity contribution in [2.75, 3.05) is 129 Å². The third-order valence-corrected chi connectivity index (χ3v) is 20.8. The summed E-state index contributed by atoms with van der Waals surface area (Å²) in [5, 5.41) is 0. The average Bonchev–Trinajstić information content (AvgIpc) is 0.817. The molecule has 0 heterocycles. The molecule has 0 atom stereocenters. The van der Waals surface area contributed by atoms with Gasteiger partial charge in [-0.3, -0.25) is 0 Å². The van der Waals surface area contributed by atoms with Crippen LogP contribution in [0.3, 0.4) is 0 Å². The lowest BCUT2D eigenvalue weighted by atomic mass is 9.96. The Balaban J connectivity index is 0.000000161. The minimum absolute atomic E-state index is 0.147. The number of nitrogens with two attached hydrogens (primary N) is 16. The van der Waals surface area contributed by atoms with Crippen LogP contribution >= 0.6 is 0 Å². The first-order chi connectivity index (χ1) is 64.0. The number of hydrogen-bond acceptors (Lipinski definition) is 21. The molecule has 0 aromatic heterocycles. The third kappa shape index (κ3) is 34.7. The lowest BCUT2D eigenvalue weighted by Gasteiger charge is -2.28. The van der Waals surface area contributed by atoms with Gasteiger partial charge in [-0.2, -0.15) is 0 Å². The summed E-state index contributed by atoms with van der Waals surface area (Å²) in [6.07, 6.45) is 3.73. The Bertz CT molecular complexity index is 5810. The van der Waals surface area contributed by atoms with E-state index in [9.17, 15) is 0 Å². The Hall–Kier alpha value is -17.5. The molecule has 17 aromatic rings. The maximum atomic E-state index is 5.76. The maximum Gasteiger partial charge on any atom is 0.230 e. The molecule has 17 rings (SSSR count). The van der Waals surface area contributed by atoms with E-state index in [1.807, 2.05) is 218 Å². The van der Waals surface area contributed by atoms with E-state index >= 15 is 0 Å². The first-order valence-electron chi connectivity index (χ1n) is 43.1. The second kappa shape index (κ2) is 50.2. The Morgan fingerprint density at radius 3 is 0.564 bits per heavy atom. The van der Waals surface area contributed by atoms with Crippen LogP contribution in [0.2, 0.25) is 0 Å². The highest BCUT2D eigenvalue weighted by Crippen LogP contribution is 2.31. The molecule has 0 saturated carbocycles. The third-order valence-electron chi connectivity index (χ3n) is 20.8. The van der Waals surface area contributed by atoms with Gasteiger partial charge in [0.2, 0.25) is 6.79 Å². The van der Waals surface area contributed by atoms with Crippen LogP contribution in [-0.4, -0.2) is 27.6 Å².